The number of aromatic nitrogens is 1. The summed E-state index contributed by atoms with van der Waals surface area (Å²) in [5, 5.41) is 1.76. The van der Waals surface area contributed by atoms with E-state index in [0.717, 1.165) is 16.5 Å². The summed E-state index contributed by atoms with van der Waals surface area (Å²) in [7, 11) is 0. The lowest BCUT2D eigenvalue weighted by Gasteiger charge is -2.07. The molecule has 0 radical (unpaired) electrons. The maximum Gasteiger partial charge on any atom is 0.306 e. The molecule has 2 aromatic carbocycles. The number of aromatic amines is 1. The van der Waals surface area contributed by atoms with Crippen LogP contribution in [0.2, 0.25) is 5.02 Å². The fraction of sp³-hybridized carbons (Fsp3) is 0.211. The zero-order valence-corrected chi connectivity index (χ0v) is 13.9. The molecule has 0 saturated heterocycles. The van der Waals surface area contributed by atoms with Crippen molar-refractivity contribution in [3.8, 4) is 5.75 Å². The normalized spacial score (nSPS) is 10.7. The van der Waals surface area contributed by atoms with Crippen LogP contribution in [0.3, 0.4) is 0 Å². The Balaban J connectivity index is 1.40. The number of benzene rings is 2. The number of carbonyl (C=O) groups is 1. The van der Waals surface area contributed by atoms with E-state index in [-0.39, 0.29) is 12.6 Å². The molecule has 3 rings (SSSR count). The highest BCUT2D eigenvalue weighted by molar-refractivity contribution is 6.30. The molecule has 0 saturated carbocycles. The van der Waals surface area contributed by atoms with E-state index in [1.165, 1.54) is 0 Å². The first-order valence-corrected chi connectivity index (χ1v) is 8.19. The first-order chi connectivity index (χ1) is 11.7. The van der Waals surface area contributed by atoms with Gasteiger partial charge in [-0.3, -0.25) is 4.79 Å². The van der Waals surface area contributed by atoms with E-state index in [2.05, 4.69) is 4.98 Å². The minimum absolute atomic E-state index is 0.221. The molecule has 0 amide bonds. The molecule has 1 aromatic heterocycles. The number of ether oxygens (including phenoxy) is 2. The number of carbonyl (C=O) groups excluding carboxylic acids is 1. The van der Waals surface area contributed by atoms with Gasteiger partial charge in [-0.15, -0.1) is 0 Å². The van der Waals surface area contributed by atoms with E-state index in [1.807, 2.05) is 42.6 Å². The Labute approximate surface area is 145 Å². The third-order valence-corrected chi connectivity index (χ3v) is 3.92. The number of hydrogen-bond donors (Lipinski definition) is 1. The van der Waals surface area contributed by atoms with Crippen molar-refractivity contribution < 1.29 is 14.3 Å². The van der Waals surface area contributed by atoms with Crippen LogP contribution in [0.25, 0.3) is 10.9 Å². The van der Waals surface area contributed by atoms with Crippen LogP contribution < -0.4 is 4.74 Å². The van der Waals surface area contributed by atoms with Gasteiger partial charge in [-0.1, -0.05) is 35.9 Å². The second-order valence-electron chi connectivity index (χ2n) is 5.39. The first kappa shape index (κ1) is 16.4. The lowest BCUT2D eigenvalue weighted by molar-refractivity contribution is -0.144. The predicted molar refractivity (Wildman–Crippen MR) is 94.5 cm³/mol. The molecular formula is C19H18ClNO3. The number of aryl methyl sites for hydroxylation is 1. The van der Waals surface area contributed by atoms with Gasteiger partial charge in [-0.2, -0.15) is 0 Å². The summed E-state index contributed by atoms with van der Waals surface area (Å²) < 4.78 is 10.7. The van der Waals surface area contributed by atoms with E-state index < -0.39 is 0 Å². The number of rotatable bonds is 7. The van der Waals surface area contributed by atoms with Gasteiger partial charge in [0, 0.05) is 28.5 Å². The number of halogens is 1. The molecule has 24 heavy (non-hydrogen) atoms. The van der Waals surface area contributed by atoms with Gasteiger partial charge in [0.1, 0.15) is 19.0 Å². The Kier molecular flexibility index (Phi) is 5.39. The van der Waals surface area contributed by atoms with Gasteiger partial charge < -0.3 is 14.5 Å². The molecule has 0 spiro atoms. The van der Waals surface area contributed by atoms with Crippen molar-refractivity contribution in [1.82, 2.24) is 4.98 Å². The van der Waals surface area contributed by atoms with E-state index in [4.69, 9.17) is 21.1 Å². The topological polar surface area (TPSA) is 51.3 Å². The third kappa shape index (κ3) is 4.30. The van der Waals surface area contributed by atoms with Gasteiger partial charge in [-0.25, -0.2) is 0 Å². The zero-order chi connectivity index (χ0) is 16.8. The van der Waals surface area contributed by atoms with Gasteiger partial charge in [-0.05, 0) is 36.2 Å². The zero-order valence-electron chi connectivity index (χ0n) is 13.1. The summed E-state index contributed by atoms with van der Waals surface area (Å²) in [5.41, 5.74) is 2.20. The lowest BCUT2D eigenvalue weighted by Crippen LogP contribution is -2.12. The monoisotopic (exact) mass is 343 g/mol. The summed E-state index contributed by atoms with van der Waals surface area (Å²) in [6.07, 6.45) is 2.94. The second kappa shape index (κ2) is 7.88. The summed E-state index contributed by atoms with van der Waals surface area (Å²) in [6, 6.07) is 15.2. The van der Waals surface area contributed by atoms with Crippen molar-refractivity contribution in [3.05, 3.63) is 65.3 Å². The maximum absolute atomic E-state index is 11.8. The SMILES string of the molecule is O=C(CCc1c[nH]c2ccccc12)OCCOc1cccc(Cl)c1. The lowest BCUT2D eigenvalue weighted by atomic mass is 10.1. The molecule has 0 unspecified atom stereocenters. The van der Waals surface area contributed by atoms with Gasteiger partial charge in [0.25, 0.3) is 0 Å². The second-order valence-corrected chi connectivity index (χ2v) is 5.82. The minimum Gasteiger partial charge on any atom is -0.490 e. The fourth-order valence-electron chi connectivity index (χ4n) is 2.52. The van der Waals surface area contributed by atoms with Crippen LogP contribution in [0.4, 0.5) is 0 Å². The predicted octanol–water partition coefficient (Wildman–Crippen LogP) is 4.38. The quantitative estimate of drug-likeness (QED) is 0.511. The van der Waals surface area contributed by atoms with E-state index >= 15 is 0 Å². The molecule has 1 N–H and O–H groups in total. The highest BCUT2D eigenvalue weighted by atomic mass is 35.5. The summed E-state index contributed by atoms with van der Waals surface area (Å²) in [6.45, 7) is 0.526. The molecular weight excluding hydrogens is 326 g/mol. The molecule has 0 aliphatic rings. The number of H-pyrrole nitrogens is 1. The molecule has 0 fully saturated rings. The molecule has 3 aromatic rings. The van der Waals surface area contributed by atoms with Crippen LogP contribution >= 0.6 is 11.6 Å². The van der Waals surface area contributed by atoms with Gasteiger partial charge in [0.05, 0.1) is 0 Å². The first-order valence-electron chi connectivity index (χ1n) is 7.81. The Morgan fingerprint density at radius 2 is 1.96 bits per heavy atom. The number of esters is 1. The van der Waals surface area contributed by atoms with E-state index in [1.54, 1.807) is 12.1 Å². The summed E-state index contributed by atoms with van der Waals surface area (Å²) >= 11 is 5.87. The molecule has 1 heterocycles. The molecule has 0 aliphatic carbocycles. The van der Waals surface area contributed by atoms with Gasteiger partial charge in [0.2, 0.25) is 0 Å². The van der Waals surface area contributed by atoms with Crippen molar-refractivity contribution in [2.24, 2.45) is 0 Å². The molecule has 0 aliphatic heterocycles. The largest absolute Gasteiger partial charge is 0.490 e. The van der Waals surface area contributed by atoms with Crippen LogP contribution in [0, 0.1) is 0 Å². The Morgan fingerprint density at radius 3 is 2.83 bits per heavy atom. The summed E-state index contributed by atoms with van der Waals surface area (Å²) in [5.74, 6) is 0.437. The smallest absolute Gasteiger partial charge is 0.306 e. The minimum atomic E-state index is -0.227. The number of fused-ring (bicyclic) bond motifs is 1. The highest BCUT2D eigenvalue weighted by Crippen LogP contribution is 2.19. The van der Waals surface area contributed by atoms with Crippen molar-refractivity contribution in [2.75, 3.05) is 13.2 Å². The van der Waals surface area contributed by atoms with Gasteiger partial charge >= 0.3 is 5.97 Å². The van der Waals surface area contributed by atoms with Crippen LogP contribution in [-0.4, -0.2) is 24.2 Å². The van der Waals surface area contributed by atoms with E-state index in [9.17, 15) is 4.79 Å². The average molecular weight is 344 g/mol. The molecule has 4 nitrogen and oxygen atoms in total. The summed E-state index contributed by atoms with van der Waals surface area (Å²) in [4.78, 5) is 15.0. The number of nitrogens with one attached hydrogen (secondary N) is 1. The van der Waals surface area contributed by atoms with Crippen LogP contribution in [0.5, 0.6) is 5.75 Å². The van der Waals surface area contributed by atoms with Crippen LogP contribution in [-0.2, 0) is 16.0 Å². The highest BCUT2D eigenvalue weighted by Gasteiger charge is 2.07. The van der Waals surface area contributed by atoms with E-state index in [0.29, 0.717) is 30.2 Å². The molecule has 5 heteroatoms. The molecule has 0 atom stereocenters. The van der Waals surface area contributed by atoms with Gasteiger partial charge in [0.15, 0.2) is 0 Å². The number of para-hydroxylation sites is 1. The Bertz CT molecular complexity index is 828. The average Bonchev–Trinajstić information content (AvgIpc) is 3.00. The number of hydrogen-bond acceptors (Lipinski definition) is 3. The van der Waals surface area contributed by atoms with Crippen molar-refractivity contribution in [3.63, 3.8) is 0 Å². The molecule has 0 bridgehead atoms. The molecule has 124 valence electrons. The van der Waals surface area contributed by atoms with Crippen molar-refractivity contribution >= 4 is 28.5 Å². The van der Waals surface area contributed by atoms with Crippen LogP contribution in [0.15, 0.2) is 54.7 Å². The fourth-order valence-corrected chi connectivity index (χ4v) is 2.70. The Morgan fingerprint density at radius 1 is 1.08 bits per heavy atom. The maximum atomic E-state index is 11.8. The Hall–Kier alpha value is -2.46. The van der Waals surface area contributed by atoms with Crippen molar-refractivity contribution in [2.45, 2.75) is 12.8 Å². The standard InChI is InChI=1S/C19H18ClNO3/c20-15-4-3-5-16(12-15)23-10-11-24-19(22)9-8-14-13-21-18-7-2-1-6-17(14)18/h1-7,12-13,21H,8-11H2. The van der Waals surface area contributed by atoms with Crippen molar-refractivity contribution in [1.29, 1.82) is 0 Å². The van der Waals surface area contributed by atoms with Crippen LogP contribution in [0.1, 0.15) is 12.0 Å². The third-order valence-electron chi connectivity index (χ3n) is 3.68.